The molecular weight excluding hydrogens is 188 g/mol. The van der Waals surface area contributed by atoms with Gasteiger partial charge in [0.1, 0.15) is 5.78 Å². The van der Waals surface area contributed by atoms with E-state index in [1.165, 1.54) is 0 Å². The van der Waals surface area contributed by atoms with E-state index in [9.17, 15) is 4.79 Å². The van der Waals surface area contributed by atoms with Crippen molar-refractivity contribution in [2.45, 2.75) is 40.0 Å². The molecule has 15 heavy (non-hydrogen) atoms. The zero-order chi connectivity index (χ0) is 11.7. The van der Waals surface area contributed by atoms with Crippen molar-refractivity contribution in [3.63, 3.8) is 0 Å². The number of Topliss-reactive ketones (excluding diaryl/α,β-unsaturated/α-hetero) is 1. The van der Waals surface area contributed by atoms with E-state index in [4.69, 9.17) is 5.11 Å². The monoisotopic (exact) mass is 210 g/mol. The second-order valence-corrected chi connectivity index (χ2v) is 5.30. The topological polar surface area (TPSA) is 37.3 Å². The Labute approximate surface area is 92.4 Å². The van der Waals surface area contributed by atoms with Crippen molar-refractivity contribution in [2.75, 3.05) is 6.61 Å². The molecule has 1 rings (SSSR count). The summed E-state index contributed by atoms with van der Waals surface area (Å²) in [6.45, 7) is 10.2. The molecule has 0 radical (unpaired) electrons. The van der Waals surface area contributed by atoms with Gasteiger partial charge in [0, 0.05) is 18.4 Å². The SMILES string of the molecule is C=CCC1(CCO)C(=O)CC(C)C1(C)C. The maximum atomic E-state index is 12.1. The van der Waals surface area contributed by atoms with Gasteiger partial charge in [-0.05, 0) is 24.2 Å². The highest BCUT2D eigenvalue weighted by molar-refractivity contribution is 5.88. The lowest BCUT2D eigenvalue weighted by Crippen LogP contribution is -2.40. The van der Waals surface area contributed by atoms with E-state index in [1.54, 1.807) is 0 Å². The number of carbonyl (C=O) groups is 1. The van der Waals surface area contributed by atoms with Crippen molar-refractivity contribution in [1.82, 2.24) is 0 Å². The molecule has 0 saturated heterocycles. The average molecular weight is 210 g/mol. The Bertz CT molecular complexity index is 268. The van der Waals surface area contributed by atoms with Gasteiger partial charge in [-0.2, -0.15) is 0 Å². The summed E-state index contributed by atoms with van der Waals surface area (Å²) in [6.07, 6.45) is 3.70. The smallest absolute Gasteiger partial charge is 0.140 e. The van der Waals surface area contributed by atoms with Gasteiger partial charge in [-0.15, -0.1) is 6.58 Å². The number of aliphatic hydroxyl groups excluding tert-OH is 1. The molecular formula is C13H22O2. The van der Waals surface area contributed by atoms with Gasteiger partial charge in [0.15, 0.2) is 0 Å². The third-order valence-corrected chi connectivity index (χ3v) is 4.52. The standard InChI is InChI=1S/C13H22O2/c1-5-6-13(7-8-14)11(15)9-10(2)12(13,3)4/h5,10,14H,1,6-9H2,2-4H3. The van der Waals surface area contributed by atoms with E-state index in [-0.39, 0.29) is 17.4 Å². The van der Waals surface area contributed by atoms with Crippen LogP contribution in [-0.4, -0.2) is 17.5 Å². The lowest BCUT2D eigenvalue weighted by molar-refractivity contribution is -0.130. The van der Waals surface area contributed by atoms with E-state index in [0.29, 0.717) is 31.0 Å². The molecule has 2 heteroatoms. The molecule has 0 aliphatic heterocycles. The number of carbonyl (C=O) groups excluding carboxylic acids is 1. The Hall–Kier alpha value is -0.630. The third-order valence-electron chi connectivity index (χ3n) is 4.52. The number of ketones is 1. The fraction of sp³-hybridized carbons (Fsp3) is 0.769. The first-order valence-electron chi connectivity index (χ1n) is 5.67. The lowest BCUT2D eigenvalue weighted by atomic mass is 9.61. The van der Waals surface area contributed by atoms with Gasteiger partial charge < -0.3 is 5.11 Å². The molecule has 1 fully saturated rings. The van der Waals surface area contributed by atoms with E-state index in [0.717, 1.165) is 0 Å². The minimum Gasteiger partial charge on any atom is -0.396 e. The number of hydrogen-bond donors (Lipinski definition) is 1. The Kier molecular flexibility index (Phi) is 3.39. The van der Waals surface area contributed by atoms with E-state index in [2.05, 4.69) is 27.4 Å². The van der Waals surface area contributed by atoms with Gasteiger partial charge >= 0.3 is 0 Å². The summed E-state index contributed by atoms with van der Waals surface area (Å²) >= 11 is 0. The maximum absolute atomic E-state index is 12.1. The Morgan fingerprint density at radius 3 is 2.53 bits per heavy atom. The van der Waals surface area contributed by atoms with Gasteiger partial charge in [0.25, 0.3) is 0 Å². The van der Waals surface area contributed by atoms with Crippen LogP contribution in [0.4, 0.5) is 0 Å². The Morgan fingerprint density at radius 1 is 1.60 bits per heavy atom. The second kappa shape index (κ2) is 4.09. The van der Waals surface area contributed by atoms with Crippen LogP contribution in [-0.2, 0) is 4.79 Å². The molecule has 2 atom stereocenters. The summed E-state index contributed by atoms with van der Waals surface area (Å²) in [5.74, 6) is 0.686. The summed E-state index contributed by atoms with van der Waals surface area (Å²) in [7, 11) is 0. The average Bonchev–Trinajstić information content (AvgIpc) is 2.29. The van der Waals surface area contributed by atoms with Crippen LogP contribution in [0.2, 0.25) is 0 Å². The summed E-state index contributed by atoms with van der Waals surface area (Å²) < 4.78 is 0. The van der Waals surface area contributed by atoms with Crippen molar-refractivity contribution in [1.29, 1.82) is 0 Å². The summed E-state index contributed by atoms with van der Waals surface area (Å²) in [6, 6.07) is 0. The normalized spacial score (nSPS) is 34.4. The summed E-state index contributed by atoms with van der Waals surface area (Å²) in [5.41, 5.74) is -0.427. The highest BCUT2D eigenvalue weighted by Crippen LogP contribution is 2.57. The molecule has 2 nitrogen and oxygen atoms in total. The zero-order valence-corrected chi connectivity index (χ0v) is 10.0. The first kappa shape index (κ1) is 12.4. The van der Waals surface area contributed by atoms with Gasteiger partial charge in [-0.3, -0.25) is 4.79 Å². The van der Waals surface area contributed by atoms with Gasteiger partial charge in [0.2, 0.25) is 0 Å². The largest absolute Gasteiger partial charge is 0.396 e. The van der Waals surface area contributed by atoms with Crippen LogP contribution in [0, 0.1) is 16.7 Å². The minimum absolute atomic E-state index is 0.0407. The van der Waals surface area contributed by atoms with Crippen LogP contribution >= 0.6 is 0 Å². The Morgan fingerprint density at radius 2 is 2.20 bits per heavy atom. The van der Waals surface area contributed by atoms with Crippen LogP contribution in [0.1, 0.15) is 40.0 Å². The van der Waals surface area contributed by atoms with Gasteiger partial charge in [-0.1, -0.05) is 26.8 Å². The first-order chi connectivity index (χ1) is 6.92. The summed E-state index contributed by atoms with van der Waals surface area (Å²) in [5, 5.41) is 9.17. The van der Waals surface area contributed by atoms with E-state index < -0.39 is 0 Å². The number of allylic oxidation sites excluding steroid dienone is 1. The molecule has 0 amide bonds. The predicted molar refractivity (Wildman–Crippen MR) is 61.5 cm³/mol. The molecule has 0 aromatic rings. The fourth-order valence-corrected chi connectivity index (χ4v) is 2.94. The van der Waals surface area contributed by atoms with E-state index >= 15 is 0 Å². The highest BCUT2D eigenvalue weighted by Gasteiger charge is 2.57. The minimum atomic E-state index is -0.386. The van der Waals surface area contributed by atoms with Crippen molar-refractivity contribution in [2.24, 2.45) is 16.7 Å². The molecule has 86 valence electrons. The molecule has 2 unspecified atom stereocenters. The molecule has 0 aromatic heterocycles. The molecule has 1 aliphatic rings. The highest BCUT2D eigenvalue weighted by atomic mass is 16.3. The van der Waals surface area contributed by atoms with Crippen molar-refractivity contribution in [3.05, 3.63) is 12.7 Å². The maximum Gasteiger partial charge on any atom is 0.140 e. The molecule has 1 saturated carbocycles. The van der Waals surface area contributed by atoms with Crippen LogP contribution in [0.15, 0.2) is 12.7 Å². The Balaban J connectivity index is 3.12. The fourth-order valence-electron chi connectivity index (χ4n) is 2.94. The molecule has 0 spiro atoms. The predicted octanol–water partition coefficient (Wildman–Crippen LogP) is 2.57. The summed E-state index contributed by atoms with van der Waals surface area (Å²) in [4.78, 5) is 12.1. The van der Waals surface area contributed by atoms with Crippen LogP contribution in [0.25, 0.3) is 0 Å². The number of rotatable bonds is 4. The van der Waals surface area contributed by atoms with Crippen molar-refractivity contribution < 1.29 is 9.90 Å². The van der Waals surface area contributed by atoms with Crippen LogP contribution in [0.3, 0.4) is 0 Å². The molecule has 1 aliphatic carbocycles. The molecule has 1 N–H and O–H groups in total. The first-order valence-corrected chi connectivity index (χ1v) is 5.67. The van der Waals surface area contributed by atoms with E-state index in [1.807, 2.05) is 6.08 Å². The molecule has 0 bridgehead atoms. The molecule has 0 aromatic carbocycles. The number of aliphatic hydroxyl groups is 1. The van der Waals surface area contributed by atoms with Crippen molar-refractivity contribution >= 4 is 5.78 Å². The zero-order valence-electron chi connectivity index (χ0n) is 10.0. The van der Waals surface area contributed by atoms with Crippen molar-refractivity contribution in [3.8, 4) is 0 Å². The second-order valence-electron chi connectivity index (χ2n) is 5.30. The third kappa shape index (κ3) is 1.65. The van der Waals surface area contributed by atoms with Gasteiger partial charge in [-0.25, -0.2) is 0 Å². The lowest BCUT2D eigenvalue weighted by Gasteiger charge is -2.41. The number of hydrogen-bond acceptors (Lipinski definition) is 2. The van der Waals surface area contributed by atoms with Crippen LogP contribution in [0.5, 0.6) is 0 Å². The molecule has 0 heterocycles. The van der Waals surface area contributed by atoms with Gasteiger partial charge in [0.05, 0.1) is 0 Å². The quantitative estimate of drug-likeness (QED) is 0.724. The van der Waals surface area contributed by atoms with Crippen LogP contribution < -0.4 is 0 Å².